The molecular formula is C19H30N2. The van der Waals surface area contributed by atoms with Crippen molar-refractivity contribution in [1.29, 1.82) is 0 Å². The molecule has 2 fully saturated rings. The third-order valence-electron chi connectivity index (χ3n) is 5.68. The van der Waals surface area contributed by atoms with Gasteiger partial charge in [-0.1, -0.05) is 44.2 Å². The molecule has 116 valence electrons. The molecule has 0 aromatic heterocycles. The van der Waals surface area contributed by atoms with E-state index in [0.717, 1.165) is 12.5 Å². The van der Waals surface area contributed by atoms with Crippen molar-refractivity contribution < 1.29 is 0 Å². The second-order valence-electron chi connectivity index (χ2n) is 7.14. The van der Waals surface area contributed by atoms with E-state index in [1.807, 2.05) is 0 Å². The van der Waals surface area contributed by atoms with Crippen LogP contribution in [0.5, 0.6) is 0 Å². The summed E-state index contributed by atoms with van der Waals surface area (Å²) in [6.45, 7) is 9.41. The van der Waals surface area contributed by atoms with Gasteiger partial charge in [-0.2, -0.15) is 0 Å². The molecule has 2 atom stereocenters. The standard InChI is InChI=1S/C19H30N2/c1-4-17(5-2)21-14-19(3,16-11-12-16)20-13-18(21)15-9-7-6-8-10-15/h6-10,16-18,20H,4-5,11-14H2,1-3H3. The maximum absolute atomic E-state index is 3.90. The maximum atomic E-state index is 3.90. The highest BCUT2D eigenvalue weighted by molar-refractivity contribution is 5.22. The molecule has 1 aromatic rings. The van der Waals surface area contributed by atoms with Gasteiger partial charge in [-0.05, 0) is 44.1 Å². The topological polar surface area (TPSA) is 15.3 Å². The van der Waals surface area contributed by atoms with Crippen LogP contribution in [0.15, 0.2) is 30.3 Å². The van der Waals surface area contributed by atoms with Gasteiger partial charge in [0.2, 0.25) is 0 Å². The quantitative estimate of drug-likeness (QED) is 0.880. The van der Waals surface area contributed by atoms with Gasteiger partial charge in [0.15, 0.2) is 0 Å². The average Bonchev–Trinajstić information content (AvgIpc) is 3.35. The molecule has 0 spiro atoms. The summed E-state index contributed by atoms with van der Waals surface area (Å²) in [5.74, 6) is 0.895. The lowest BCUT2D eigenvalue weighted by molar-refractivity contribution is 0.0343. The fraction of sp³-hybridized carbons (Fsp3) is 0.684. The number of hydrogen-bond donors (Lipinski definition) is 1. The van der Waals surface area contributed by atoms with Crippen LogP contribution in [0, 0.1) is 5.92 Å². The summed E-state index contributed by atoms with van der Waals surface area (Å²) >= 11 is 0. The minimum atomic E-state index is 0.327. The van der Waals surface area contributed by atoms with Crippen molar-refractivity contribution in [2.24, 2.45) is 5.92 Å². The largest absolute Gasteiger partial charge is 0.308 e. The fourth-order valence-corrected chi connectivity index (χ4v) is 4.11. The monoisotopic (exact) mass is 286 g/mol. The zero-order chi connectivity index (χ0) is 14.9. The molecule has 1 N–H and O–H groups in total. The van der Waals surface area contributed by atoms with E-state index < -0.39 is 0 Å². The van der Waals surface area contributed by atoms with E-state index in [2.05, 4.69) is 61.3 Å². The van der Waals surface area contributed by atoms with Crippen molar-refractivity contribution in [3.8, 4) is 0 Å². The minimum absolute atomic E-state index is 0.327. The zero-order valence-electron chi connectivity index (χ0n) is 13.8. The van der Waals surface area contributed by atoms with Crippen LogP contribution in [0.25, 0.3) is 0 Å². The van der Waals surface area contributed by atoms with Crippen LogP contribution in [0.1, 0.15) is 58.1 Å². The molecular weight excluding hydrogens is 256 g/mol. The molecule has 2 unspecified atom stereocenters. The van der Waals surface area contributed by atoms with Crippen LogP contribution in [-0.4, -0.2) is 29.6 Å². The SMILES string of the molecule is CCC(CC)N1CC(C)(C2CC2)NCC1c1ccccc1. The summed E-state index contributed by atoms with van der Waals surface area (Å²) < 4.78 is 0. The van der Waals surface area contributed by atoms with E-state index in [1.54, 1.807) is 0 Å². The highest BCUT2D eigenvalue weighted by Gasteiger charge is 2.47. The maximum Gasteiger partial charge on any atom is 0.0476 e. The van der Waals surface area contributed by atoms with Crippen molar-refractivity contribution in [3.63, 3.8) is 0 Å². The lowest BCUT2D eigenvalue weighted by atomic mass is 9.87. The number of nitrogens with one attached hydrogen (secondary N) is 1. The predicted octanol–water partition coefficient (Wildman–Crippen LogP) is 3.99. The molecule has 1 heterocycles. The van der Waals surface area contributed by atoms with E-state index in [4.69, 9.17) is 0 Å². The summed E-state index contributed by atoms with van der Waals surface area (Å²) in [4.78, 5) is 2.80. The van der Waals surface area contributed by atoms with Gasteiger partial charge >= 0.3 is 0 Å². The van der Waals surface area contributed by atoms with Gasteiger partial charge in [-0.25, -0.2) is 0 Å². The molecule has 0 amide bonds. The first-order chi connectivity index (χ1) is 10.2. The minimum Gasteiger partial charge on any atom is -0.308 e. The first kappa shape index (κ1) is 15.1. The van der Waals surface area contributed by atoms with Crippen molar-refractivity contribution in [2.45, 2.75) is 64.1 Å². The van der Waals surface area contributed by atoms with Gasteiger partial charge in [-0.15, -0.1) is 0 Å². The van der Waals surface area contributed by atoms with E-state index in [-0.39, 0.29) is 0 Å². The molecule has 2 nitrogen and oxygen atoms in total. The van der Waals surface area contributed by atoms with Crippen LogP contribution in [0.3, 0.4) is 0 Å². The molecule has 2 aliphatic rings. The third-order valence-corrected chi connectivity index (χ3v) is 5.68. The highest BCUT2D eigenvalue weighted by atomic mass is 15.3. The van der Waals surface area contributed by atoms with Crippen molar-refractivity contribution in [3.05, 3.63) is 35.9 Å². The lowest BCUT2D eigenvalue weighted by Crippen LogP contribution is -2.62. The van der Waals surface area contributed by atoms with E-state index in [9.17, 15) is 0 Å². The molecule has 3 rings (SSSR count). The molecule has 1 saturated heterocycles. The summed E-state index contributed by atoms with van der Waals surface area (Å²) in [7, 11) is 0. The number of nitrogens with zero attached hydrogens (tertiary/aromatic N) is 1. The molecule has 1 aliphatic heterocycles. The smallest absolute Gasteiger partial charge is 0.0476 e. The van der Waals surface area contributed by atoms with E-state index in [0.29, 0.717) is 17.6 Å². The molecule has 1 saturated carbocycles. The van der Waals surface area contributed by atoms with Crippen LogP contribution in [0.4, 0.5) is 0 Å². The Morgan fingerprint density at radius 2 is 1.86 bits per heavy atom. The molecule has 21 heavy (non-hydrogen) atoms. The first-order valence-corrected chi connectivity index (χ1v) is 8.73. The number of piperazine rings is 1. The Labute approximate surface area is 129 Å². The van der Waals surface area contributed by atoms with E-state index >= 15 is 0 Å². The van der Waals surface area contributed by atoms with Crippen LogP contribution in [0.2, 0.25) is 0 Å². The lowest BCUT2D eigenvalue weighted by Gasteiger charge is -2.50. The van der Waals surface area contributed by atoms with Crippen LogP contribution in [-0.2, 0) is 0 Å². The Hall–Kier alpha value is -0.860. The molecule has 0 bridgehead atoms. The Bertz CT molecular complexity index is 450. The second kappa shape index (κ2) is 6.10. The third kappa shape index (κ3) is 3.02. The van der Waals surface area contributed by atoms with Crippen LogP contribution < -0.4 is 5.32 Å². The Morgan fingerprint density at radius 3 is 2.43 bits per heavy atom. The summed E-state index contributed by atoms with van der Waals surface area (Å²) in [6, 6.07) is 12.3. The normalized spacial score (nSPS) is 30.8. The number of rotatable bonds is 5. The van der Waals surface area contributed by atoms with Gasteiger partial charge in [0.05, 0.1) is 0 Å². The van der Waals surface area contributed by atoms with Crippen molar-refractivity contribution >= 4 is 0 Å². The number of hydrogen-bond acceptors (Lipinski definition) is 2. The second-order valence-corrected chi connectivity index (χ2v) is 7.14. The fourth-order valence-electron chi connectivity index (χ4n) is 4.11. The first-order valence-electron chi connectivity index (χ1n) is 8.73. The Morgan fingerprint density at radius 1 is 1.19 bits per heavy atom. The van der Waals surface area contributed by atoms with Crippen molar-refractivity contribution in [2.75, 3.05) is 13.1 Å². The highest BCUT2D eigenvalue weighted by Crippen LogP contribution is 2.43. The van der Waals surface area contributed by atoms with Gasteiger partial charge < -0.3 is 5.32 Å². The Balaban J connectivity index is 1.85. The van der Waals surface area contributed by atoms with Gasteiger partial charge in [-0.3, -0.25) is 4.90 Å². The summed E-state index contributed by atoms with van der Waals surface area (Å²) in [5, 5.41) is 3.90. The molecule has 2 heteroatoms. The predicted molar refractivity (Wildman–Crippen MR) is 89.4 cm³/mol. The Kier molecular flexibility index (Phi) is 4.37. The zero-order valence-corrected chi connectivity index (χ0v) is 13.8. The van der Waals surface area contributed by atoms with Crippen LogP contribution >= 0.6 is 0 Å². The molecule has 0 radical (unpaired) electrons. The summed E-state index contributed by atoms with van der Waals surface area (Å²) in [5.41, 5.74) is 1.79. The summed E-state index contributed by atoms with van der Waals surface area (Å²) in [6.07, 6.45) is 5.33. The molecule has 1 aromatic carbocycles. The average molecular weight is 286 g/mol. The van der Waals surface area contributed by atoms with Gasteiger partial charge in [0, 0.05) is 30.7 Å². The molecule has 1 aliphatic carbocycles. The van der Waals surface area contributed by atoms with E-state index in [1.165, 1.54) is 37.8 Å². The number of benzene rings is 1. The van der Waals surface area contributed by atoms with Gasteiger partial charge in [0.25, 0.3) is 0 Å². The van der Waals surface area contributed by atoms with Crippen molar-refractivity contribution in [1.82, 2.24) is 10.2 Å². The van der Waals surface area contributed by atoms with Gasteiger partial charge in [0.1, 0.15) is 0 Å².